The second kappa shape index (κ2) is 7.59. The highest BCUT2D eigenvalue weighted by Gasteiger charge is 2.34. The van der Waals surface area contributed by atoms with E-state index in [0.29, 0.717) is 23.8 Å². The maximum Gasteiger partial charge on any atom is 0.270 e. The molecule has 2 aliphatic heterocycles. The van der Waals surface area contributed by atoms with Gasteiger partial charge in [-0.15, -0.1) is 24.8 Å². The fraction of sp³-hybridized carbons (Fsp3) is 0.538. The summed E-state index contributed by atoms with van der Waals surface area (Å²) in [6, 6.07) is 5.06. The third-order valence-electron chi connectivity index (χ3n) is 3.77. The van der Waals surface area contributed by atoms with Crippen molar-refractivity contribution in [1.29, 1.82) is 0 Å². The molecular weight excluding hydrogens is 365 g/mol. The van der Waals surface area contributed by atoms with E-state index in [2.05, 4.69) is 31.5 Å². The van der Waals surface area contributed by atoms with Crippen molar-refractivity contribution in [2.45, 2.75) is 43.8 Å². The highest BCUT2D eigenvalue weighted by atomic mass is 79.9. The highest BCUT2D eigenvalue weighted by molar-refractivity contribution is 9.10. The summed E-state index contributed by atoms with van der Waals surface area (Å²) in [5, 5.41) is 6.67. The van der Waals surface area contributed by atoms with E-state index < -0.39 is 0 Å². The van der Waals surface area contributed by atoms with Gasteiger partial charge < -0.3 is 10.6 Å². The Morgan fingerprint density at radius 2 is 1.90 bits per heavy atom. The van der Waals surface area contributed by atoms with E-state index in [-0.39, 0.29) is 30.7 Å². The number of aromatic nitrogens is 1. The lowest BCUT2D eigenvalue weighted by atomic mass is 10.00. The quantitative estimate of drug-likeness (QED) is 0.826. The average molecular weight is 383 g/mol. The van der Waals surface area contributed by atoms with Crippen LogP contribution in [0.5, 0.6) is 0 Å². The molecule has 112 valence electrons. The normalized spacial score (nSPS) is 27.1. The zero-order chi connectivity index (χ0) is 12.5. The molecule has 7 heteroatoms. The fourth-order valence-electron chi connectivity index (χ4n) is 2.94. The van der Waals surface area contributed by atoms with E-state index in [4.69, 9.17) is 0 Å². The van der Waals surface area contributed by atoms with Gasteiger partial charge in [-0.25, -0.2) is 4.98 Å². The van der Waals surface area contributed by atoms with E-state index in [1.807, 2.05) is 6.07 Å². The predicted molar refractivity (Wildman–Crippen MR) is 86.9 cm³/mol. The monoisotopic (exact) mass is 381 g/mol. The lowest BCUT2D eigenvalue weighted by Gasteiger charge is -2.29. The van der Waals surface area contributed by atoms with Crippen LogP contribution in [0.2, 0.25) is 0 Å². The molecule has 4 nitrogen and oxygen atoms in total. The lowest BCUT2D eigenvalue weighted by molar-refractivity contribution is 0.0919. The molecule has 2 aliphatic rings. The molecule has 2 bridgehead atoms. The van der Waals surface area contributed by atoms with Crippen molar-refractivity contribution in [3.8, 4) is 0 Å². The number of carbonyl (C=O) groups excluding carboxylic acids is 1. The predicted octanol–water partition coefficient (Wildman–Crippen LogP) is 2.70. The van der Waals surface area contributed by atoms with E-state index >= 15 is 0 Å². The summed E-state index contributed by atoms with van der Waals surface area (Å²) in [4.78, 5) is 16.2. The Bertz CT molecular complexity index is 445. The molecule has 2 saturated heterocycles. The minimum atomic E-state index is -0.0613. The van der Waals surface area contributed by atoms with Gasteiger partial charge in [0.05, 0.1) is 0 Å². The average Bonchev–Trinajstić information content (AvgIpc) is 2.69. The Hall–Kier alpha value is -0.360. The van der Waals surface area contributed by atoms with Crippen LogP contribution in [-0.2, 0) is 0 Å². The van der Waals surface area contributed by atoms with Gasteiger partial charge in [0.1, 0.15) is 5.69 Å². The van der Waals surface area contributed by atoms with Gasteiger partial charge in [0, 0.05) is 28.8 Å². The molecule has 2 atom stereocenters. The molecule has 0 aromatic carbocycles. The van der Waals surface area contributed by atoms with Crippen LogP contribution in [0.1, 0.15) is 36.2 Å². The van der Waals surface area contributed by atoms with E-state index in [1.54, 1.807) is 12.3 Å². The molecule has 1 amide bonds. The van der Waals surface area contributed by atoms with E-state index in [0.717, 1.165) is 17.3 Å². The van der Waals surface area contributed by atoms with Gasteiger partial charge in [0.2, 0.25) is 0 Å². The largest absolute Gasteiger partial charge is 0.348 e. The molecule has 0 radical (unpaired) electrons. The van der Waals surface area contributed by atoms with Gasteiger partial charge >= 0.3 is 0 Å². The Morgan fingerprint density at radius 3 is 2.45 bits per heavy atom. The van der Waals surface area contributed by atoms with E-state index in [9.17, 15) is 4.79 Å². The highest BCUT2D eigenvalue weighted by Crippen LogP contribution is 2.26. The second-order valence-corrected chi connectivity index (χ2v) is 6.06. The van der Waals surface area contributed by atoms with Gasteiger partial charge in [0.15, 0.2) is 0 Å². The molecule has 1 aromatic rings. The van der Waals surface area contributed by atoms with Crippen molar-refractivity contribution >= 4 is 46.7 Å². The first-order valence-corrected chi connectivity index (χ1v) is 7.18. The molecule has 0 spiro atoms. The van der Waals surface area contributed by atoms with Gasteiger partial charge in [-0.3, -0.25) is 4.79 Å². The van der Waals surface area contributed by atoms with Crippen LogP contribution in [0, 0.1) is 0 Å². The smallest absolute Gasteiger partial charge is 0.270 e. The van der Waals surface area contributed by atoms with Crippen molar-refractivity contribution in [2.24, 2.45) is 0 Å². The molecule has 2 unspecified atom stereocenters. The topological polar surface area (TPSA) is 54.0 Å². The molecule has 0 aliphatic carbocycles. The summed E-state index contributed by atoms with van der Waals surface area (Å²) in [6.07, 6.45) is 6.22. The first kappa shape index (κ1) is 17.7. The fourth-order valence-corrected chi connectivity index (χ4v) is 3.18. The maximum atomic E-state index is 12.0. The van der Waals surface area contributed by atoms with Gasteiger partial charge in [-0.05, 0) is 53.7 Å². The molecule has 1 aromatic heterocycles. The number of carbonyl (C=O) groups is 1. The Labute approximate surface area is 139 Å². The molecule has 0 saturated carbocycles. The third kappa shape index (κ3) is 4.07. The number of nitrogens with zero attached hydrogens (tertiary/aromatic N) is 1. The van der Waals surface area contributed by atoms with Crippen LogP contribution in [0.4, 0.5) is 0 Å². The summed E-state index contributed by atoms with van der Waals surface area (Å²) < 4.78 is 0.888. The van der Waals surface area contributed by atoms with Crippen LogP contribution in [0.3, 0.4) is 0 Å². The van der Waals surface area contributed by atoms with Gasteiger partial charge in [-0.1, -0.05) is 0 Å². The third-order valence-corrected chi connectivity index (χ3v) is 4.24. The minimum Gasteiger partial charge on any atom is -0.348 e. The Morgan fingerprint density at radius 1 is 1.25 bits per heavy atom. The van der Waals surface area contributed by atoms with Crippen molar-refractivity contribution < 1.29 is 4.79 Å². The molecular formula is C13H18BrCl2N3O. The first-order valence-electron chi connectivity index (χ1n) is 6.39. The Kier molecular flexibility index (Phi) is 6.72. The number of hydrogen-bond acceptors (Lipinski definition) is 3. The molecule has 2 N–H and O–H groups in total. The first-order chi connectivity index (χ1) is 8.70. The van der Waals surface area contributed by atoms with Gasteiger partial charge in [-0.2, -0.15) is 0 Å². The number of pyridine rings is 1. The van der Waals surface area contributed by atoms with Crippen LogP contribution in [-0.4, -0.2) is 29.0 Å². The molecule has 3 rings (SSSR count). The maximum absolute atomic E-state index is 12.0. The number of amides is 1. The van der Waals surface area contributed by atoms with Crippen LogP contribution >= 0.6 is 40.7 Å². The molecule has 20 heavy (non-hydrogen) atoms. The zero-order valence-electron chi connectivity index (χ0n) is 10.8. The number of fused-ring (bicyclic) bond motifs is 2. The SMILES string of the molecule is Cl.Cl.O=C(NC1CC2CCC(C1)N2)c1ccc(Br)cn1. The zero-order valence-corrected chi connectivity index (χ0v) is 14.1. The molecule has 3 heterocycles. The van der Waals surface area contributed by atoms with Crippen LogP contribution in [0.15, 0.2) is 22.8 Å². The summed E-state index contributed by atoms with van der Waals surface area (Å²) in [6.45, 7) is 0. The number of rotatable bonds is 2. The van der Waals surface area contributed by atoms with Crippen molar-refractivity contribution in [3.63, 3.8) is 0 Å². The summed E-state index contributed by atoms with van der Waals surface area (Å²) in [5.41, 5.74) is 0.490. The summed E-state index contributed by atoms with van der Waals surface area (Å²) in [7, 11) is 0. The van der Waals surface area contributed by atoms with Crippen molar-refractivity contribution in [3.05, 3.63) is 28.5 Å². The summed E-state index contributed by atoms with van der Waals surface area (Å²) in [5.74, 6) is -0.0613. The Balaban J connectivity index is 0.000001000. The number of halogens is 3. The number of nitrogens with one attached hydrogen (secondary N) is 2. The summed E-state index contributed by atoms with van der Waals surface area (Å²) >= 11 is 3.31. The molecule has 2 fully saturated rings. The van der Waals surface area contributed by atoms with E-state index in [1.165, 1.54) is 12.8 Å². The van der Waals surface area contributed by atoms with Crippen LogP contribution < -0.4 is 10.6 Å². The minimum absolute atomic E-state index is 0. The van der Waals surface area contributed by atoms with Gasteiger partial charge in [0.25, 0.3) is 5.91 Å². The lowest BCUT2D eigenvalue weighted by Crippen LogP contribution is -2.48. The number of hydrogen-bond donors (Lipinski definition) is 2. The second-order valence-electron chi connectivity index (χ2n) is 5.14. The van der Waals surface area contributed by atoms with Crippen molar-refractivity contribution in [2.75, 3.05) is 0 Å². The van der Waals surface area contributed by atoms with Crippen LogP contribution in [0.25, 0.3) is 0 Å². The standard InChI is InChI=1S/C13H16BrN3O.2ClH/c14-8-1-4-12(15-7-8)13(18)17-11-5-9-2-3-10(6-11)16-9;;/h1,4,7,9-11,16H,2-3,5-6H2,(H,17,18);2*1H. The number of piperidine rings is 1. The van der Waals surface area contributed by atoms with Crippen molar-refractivity contribution in [1.82, 2.24) is 15.6 Å².